The molecule has 0 atom stereocenters. The summed E-state index contributed by atoms with van der Waals surface area (Å²) in [4.78, 5) is 9.76. The maximum atomic E-state index is 9.76. The van der Waals surface area contributed by atoms with E-state index in [1.807, 2.05) is 6.92 Å². The van der Waals surface area contributed by atoms with Gasteiger partial charge in [0.15, 0.2) is 0 Å². The summed E-state index contributed by atoms with van der Waals surface area (Å²) in [7, 11) is 2.54. The number of aliphatic carboxylic acids is 1. The lowest BCUT2D eigenvalue weighted by Gasteiger charge is -2.35. The van der Waals surface area contributed by atoms with E-state index in [0.29, 0.717) is 6.42 Å². The molecule has 0 amide bonds. The lowest BCUT2D eigenvalue weighted by molar-refractivity contribution is -0.910. The van der Waals surface area contributed by atoms with Crippen LogP contribution >= 0.6 is 0 Å². The van der Waals surface area contributed by atoms with Gasteiger partial charge in [-0.25, -0.2) is 0 Å². The first-order valence-corrected chi connectivity index (χ1v) is 13.5. The van der Waals surface area contributed by atoms with Gasteiger partial charge in [-0.1, -0.05) is 91.9 Å². The Hall–Kier alpha value is -0.570. The highest BCUT2D eigenvalue weighted by Gasteiger charge is 2.20. The highest BCUT2D eigenvalue weighted by atomic mass is 16.4. The highest BCUT2D eigenvalue weighted by Crippen LogP contribution is 2.15. The summed E-state index contributed by atoms with van der Waals surface area (Å²) in [5.74, 6) is -0.693. The van der Waals surface area contributed by atoms with Crippen molar-refractivity contribution < 1.29 is 14.4 Å². The molecule has 0 aliphatic heterocycles. The van der Waals surface area contributed by atoms with Crippen molar-refractivity contribution in [2.75, 3.05) is 26.7 Å². The fourth-order valence-electron chi connectivity index (χ4n) is 3.95. The molecule has 30 heavy (non-hydrogen) atoms. The van der Waals surface area contributed by atoms with Gasteiger partial charge in [-0.05, 0) is 44.9 Å². The Bertz CT molecular complexity index is 308. The second-order valence-electron chi connectivity index (χ2n) is 9.53. The van der Waals surface area contributed by atoms with Crippen molar-refractivity contribution in [2.45, 2.75) is 143 Å². The predicted octanol–water partition coefficient (Wildman–Crippen LogP) is 8.61. The Morgan fingerprint density at radius 1 is 0.533 bits per heavy atom. The summed E-state index contributed by atoms with van der Waals surface area (Å²) in [5, 5.41) is 8.04. The highest BCUT2D eigenvalue weighted by molar-refractivity contribution is 5.66. The maximum Gasteiger partial charge on any atom is 0.303 e. The van der Waals surface area contributed by atoms with Crippen LogP contribution in [0, 0.1) is 0 Å². The average molecular weight is 429 g/mol. The quantitative estimate of drug-likeness (QED) is 0.147. The van der Waals surface area contributed by atoms with Gasteiger partial charge in [0.2, 0.25) is 0 Å². The molecule has 1 N–H and O–H groups in total. The van der Waals surface area contributed by atoms with Crippen LogP contribution in [0.2, 0.25) is 0 Å². The molecule has 182 valence electrons. The first kappa shape index (κ1) is 31.6. The first-order valence-electron chi connectivity index (χ1n) is 13.5. The Labute approximate surface area is 190 Å². The van der Waals surface area contributed by atoms with Crippen LogP contribution in [0.3, 0.4) is 0 Å². The van der Waals surface area contributed by atoms with Crippen molar-refractivity contribution in [1.29, 1.82) is 0 Å². The van der Waals surface area contributed by atoms with Crippen LogP contribution in [0.5, 0.6) is 0 Å². The van der Waals surface area contributed by atoms with E-state index in [-0.39, 0.29) is 0 Å². The normalized spacial score (nSPS) is 11.2. The lowest BCUT2D eigenvalue weighted by atomic mass is 10.1. The Balaban J connectivity index is 0. The van der Waals surface area contributed by atoms with E-state index in [1.165, 1.54) is 120 Å². The smallest absolute Gasteiger partial charge is 0.303 e. The third-order valence-electron chi connectivity index (χ3n) is 6.15. The Morgan fingerprint density at radius 3 is 1.07 bits per heavy atom. The van der Waals surface area contributed by atoms with Crippen molar-refractivity contribution in [3.8, 4) is 0 Å². The number of hydrogen-bond donors (Lipinski definition) is 1. The van der Waals surface area contributed by atoms with Crippen molar-refractivity contribution in [3.63, 3.8) is 0 Å². The number of carboxylic acid groups (broad SMARTS) is 1. The minimum atomic E-state index is -0.693. The number of quaternary nitrogens is 1. The monoisotopic (exact) mass is 428 g/mol. The molecule has 0 saturated heterocycles. The number of carbonyl (C=O) groups is 1. The third kappa shape index (κ3) is 25.5. The van der Waals surface area contributed by atoms with Gasteiger partial charge in [-0.3, -0.25) is 4.79 Å². The van der Waals surface area contributed by atoms with Gasteiger partial charge in [-0.2, -0.15) is 0 Å². The fraction of sp³-hybridized carbons (Fsp3) is 0.963. The van der Waals surface area contributed by atoms with Crippen LogP contribution in [-0.2, 0) is 4.79 Å². The van der Waals surface area contributed by atoms with Crippen LogP contribution in [0.15, 0.2) is 0 Å². The number of unbranched alkanes of at least 4 members (excludes halogenated alkanes) is 13. The fourth-order valence-corrected chi connectivity index (χ4v) is 3.95. The second-order valence-corrected chi connectivity index (χ2v) is 9.53. The summed E-state index contributed by atoms with van der Waals surface area (Å²) in [6.45, 7) is 13.2. The second kappa shape index (κ2) is 24.7. The van der Waals surface area contributed by atoms with Crippen LogP contribution in [0.1, 0.15) is 143 Å². The molecule has 0 aliphatic rings. The van der Waals surface area contributed by atoms with Crippen molar-refractivity contribution >= 4 is 5.97 Å². The standard InChI is InChI=1S/C22H48N.C5H10O2/c1-5-8-11-14-17-20-23(4,21-18-15-12-9-6-2)22-19-16-13-10-7-3;1-2-3-4-5(6)7/h5-22H2,1-4H3;2-4H2,1H3,(H,6,7)/q+1;. The zero-order chi connectivity index (χ0) is 22.9. The Kier molecular flexibility index (Phi) is 26.0. The number of carboxylic acids is 1. The topological polar surface area (TPSA) is 37.3 Å². The first-order chi connectivity index (χ1) is 14.5. The molecule has 0 unspecified atom stereocenters. The van der Waals surface area contributed by atoms with Gasteiger partial charge in [-0.15, -0.1) is 0 Å². The maximum absolute atomic E-state index is 9.76. The van der Waals surface area contributed by atoms with Gasteiger partial charge >= 0.3 is 5.97 Å². The number of hydrogen-bond acceptors (Lipinski definition) is 1. The van der Waals surface area contributed by atoms with Crippen molar-refractivity contribution in [3.05, 3.63) is 0 Å². The molecule has 0 rings (SSSR count). The molecule has 0 saturated carbocycles. The van der Waals surface area contributed by atoms with Gasteiger partial charge in [0.25, 0.3) is 0 Å². The van der Waals surface area contributed by atoms with Crippen LogP contribution in [0.4, 0.5) is 0 Å². The van der Waals surface area contributed by atoms with E-state index in [4.69, 9.17) is 5.11 Å². The average Bonchev–Trinajstić information content (AvgIpc) is 2.72. The molecule has 0 fully saturated rings. The molecule has 0 bridgehead atoms. The molecule has 0 radical (unpaired) electrons. The van der Waals surface area contributed by atoms with Gasteiger partial charge < -0.3 is 9.59 Å². The van der Waals surface area contributed by atoms with E-state index >= 15 is 0 Å². The van der Waals surface area contributed by atoms with E-state index in [9.17, 15) is 4.79 Å². The molecule has 0 spiro atoms. The van der Waals surface area contributed by atoms with Crippen LogP contribution in [0.25, 0.3) is 0 Å². The predicted molar refractivity (Wildman–Crippen MR) is 134 cm³/mol. The van der Waals surface area contributed by atoms with E-state index < -0.39 is 5.97 Å². The molecule has 0 aromatic carbocycles. The van der Waals surface area contributed by atoms with E-state index in [1.54, 1.807) is 0 Å². The molecule has 3 nitrogen and oxygen atoms in total. The summed E-state index contributed by atoms with van der Waals surface area (Å²) in [6.07, 6.45) is 23.5. The molecule has 0 heterocycles. The van der Waals surface area contributed by atoms with Crippen LogP contribution in [-0.4, -0.2) is 42.2 Å². The van der Waals surface area contributed by atoms with E-state index in [0.717, 1.165) is 12.8 Å². The minimum Gasteiger partial charge on any atom is -0.481 e. The Morgan fingerprint density at radius 2 is 0.833 bits per heavy atom. The summed E-state index contributed by atoms with van der Waals surface area (Å²) < 4.78 is 1.35. The van der Waals surface area contributed by atoms with Crippen molar-refractivity contribution in [2.24, 2.45) is 0 Å². The van der Waals surface area contributed by atoms with Gasteiger partial charge in [0.1, 0.15) is 0 Å². The third-order valence-corrected chi connectivity index (χ3v) is 6.15. The van der Waals surface area contributed by atoms with Crippen LogP contribution < -0.4 is 0 Å². The lowest BCUT2D eigenvalue weighted by Crippen LogP contribution is -2.46. The number of rotatable bonds is 21. The zero-order valence-electron chi connectivity index (χ0n) is 21.7. The molecule has 0 aromatic heterocycles. The molecular weight excluding hydrogens is 370 g/mol. The minimum absolute atomic E-state index is 0.316. The molecule has 0 aromatic rings. The zero-order valence-corrected chi connectivity index (χ0v) is 21.7. The van der Waals surface area contributed by atoms with Crippen molar-refractivity contribution in [1.82, 2.24) is 0 Å². The largest absolute Gasteiger partial charge is 0.481 e. The van der Waals surface area contributed by atoms with Gasteiger partial charge in [0.05, 0.1) is 26.7 Å². The van der Waals surface area contributed by atoms with Gasteiger partial charge in [0, 0.05) is 6.42 Å². The summed E-state index contributed by atoms with van der Waals surface area (Å²) >= 11 is 0. The SMILES string of the molecule is CCCCC(=O)O.CCCCCCC[N+](C)(CCCCCCC)CCCCCCC. The van der Waals surface area contributed by atoms with E-state index in [2.05, 4.69) is 27.8 Å². The summed E-state index contributed by atoms with van der Waals surface area (Å²) in [5.41, 5.74) is 0. The molecule has 0 aliphatic carbocycles. The molecule has 3 heteroatoms. The number of nitrogens with zero attached hydrogens (tertiary/aromatic N) is 1. The molecular formula is C27H58NO2+. The summed E-state index contributed by atoms with van der Waals surface area (Å²) in [6, 6.07) is 0.